The van der Waals surface area contributed by atoms with Gasteiger partial charge < -0.3 is 5.32 Å². The number of benzene rings is 2. The summed E-state index contributed by atoms with van der Waals surface area (Å²) in [5, 5.41) is 14.1. The Morgan fingerprint density at radius 2 is 1.95 bits per heavy atom. The fraction of sp³-hybridized carbons (Fsp3) is 0.200. The Balaban J connectivity index is 2.02. The molecule has 2 aromatic rings. The van der Waals surface area contributed by atoms with E-state index in [1.165, 1.54) is 17.7 Å². The molecule has 0 fully saturated rings. The van der Waals surface area contributed by atoms with Crippen LogP contribution in [0.2, 0.25) is 0 Å². The summed E-state index contributed by atoms with van der Waals surface area (Å²) in [7, 11) is 0. The van der Waals surface area contributed by atoms with Crippen molar-refractivity contribution in [2.75, 3.05) is 0 Å². The second-order valence-electron chi connectivity index (χ2n) is 4.55. The van der Waals surface area contributed by atoms with Crippen molar-refractivity contribution in [1.82, 2.24) is 5.32 Å². The van der Waals surface area contributed by atoms with Gasteiger partial charge in [0.15, 0.2) is 0 Å². The Kier molecular flexibility index (Phi) is 4.87. The summed E-state index contributed by atoms with van der Waals surface area (Å²) in [6.45, 7) is 2.74. The van der Waals surface area contributed by atoms with Gasteiger partial charge in [0.2, 0.25) is 0 Å². The number of non-ortho nitro benzene ring substituents is 1. The van der Waals surface area contributed by atoms with Crippen molar-refractivity contribution in [3.8, 4) is 0 Å². The van der Waals surface area contributed by atoms with E-state index in [0.29, 0.717) is 6.54 Å². The van der Waals surface area contributed by atoms with Gasteiger partial charge in [-0.3, -0.25) is 10.1 Å². The summed E-state index contributed by atoms with van der Waals surface area (Å²) in [5.74, 6) is 0. The highest BCUT2D eigenvalue weighted by atomic mass is 79.9. The first-order chi connectivity index (χ1) is 9.58. The highest BCUT2D eigenvalue weighted by molar-refractivity contribution is 9.10. The maximum atomic E-state index is 10.7. The molecule has 0 radical (unpaired) electrons. The normalized spacial score (nSPS) is 12.1. The molecule has 0 aliphatic heterocycles. The predicted molar refractivity (Wildman–Crippen MR) is 82.5 cm³/mol. The van der Waals surface area contributed by atoms with Crippen molar-refractivity contribution >= 4 is 21.6 Å². The van der Waals surface area contributed by atoms with E-state index in [1.54, 1.807) is 6.07 Å². The quantitative estimate of drug-likeness (QED) is 0.658. The van der Waals surface area contributed by atoms with E-state index in [4.69, 9.17) is 0 Å². The number of hydrogen-bond donors (Lipinski definition) is 1. The van der Waals surface area contributed by atoms with Gasteiger partial charge in [0.05, 0.1) is 4.92 Å². The molecule has 0 unspecified atom stereocenters. The van der Waals surface area contributed by atoms with E-state index in [9.17, 15) is 10.1 Å². The zero-order chi connectivity index (χ0) is 14.5. The van der Waals surface area contributed by atoms with Crippen LogP contribution in [-0.2, 0) is 6.54 Å². The zero-order valence-corrected chi connectivity index (χ0v) is 12.6. The fourth-order valence-electron chi connectivity index (χ4n) is 1.92. The van der Waals surface area contributed by atoms with Gasteiger partial charge in [-0.05, 0) is 24.1 Å². The minimum absolute atomic E-state index is 0.0942. The van der Waals surface area contributed by atoms with Gasteiger partial charge in [-0.25, -0.2) is 0 Å². The summed E-state index contributed by atoms with van der Waals surface area (Å²) < 4.78 is 0.750. The minimum Gasteiger partial charge on any atom is -0.306 e. The maximum Gasteiger partial charge on any atom is 0.270 e. The third kappa shape index (κ3) is 3.65. The Bertz CT molecular complexity index is 602. The summed E-state index contributed by atoms with van der Waals surface area (Å²) >= 11 is 3.38. The third-order valence-corrected chi connectivity index (χ3v) is 3.88. The van der Waals surface area contributed by atoms with E-state index in [2.05, 4.69) is 40.3 Å². The SMILES string of the molecule is C[C@H](NCc1ccc([N+](=O)[O-])cc1Br)c1ccccc1. The zero-order valence-electron chi connectivity index (χ0n) is 11.0. The number of hydrogen-bond acceptors (Lipinski definition) is 3. The van der Waals surface area contributed by atoms with E-state index >= 15 is 0 Å². The topological polar surface area (TPSA) is 55.2 Å². The van der Waals surface area contributed by atoms with Crippen molar-refractivity contribution in [1.29, 1.82) is 0 Å². The largest absolute Gasteiger partial charge is 0.306 e. The van der Waals surface area contributed by atoms with Crippen LogP contribution in [0.4, 0.5) is 5.69 Å². The Labute approximate surface area is 126 Å². The van der Waals surface area contributed by atoms with Crippen LogP contribution < -0.4 is 5.32 Å². The van der Waals surface area contributed by atoms with Crippen molar-refractivity contribution in [3.63, 3.8) is 0 Å². The third-order valence-electron chi connectivity index (χ3n) is 3.15. The fourth-order valence-corrected chi connectivity index (χ4v) is 2.42. The molecule has 2 rings (SSSR count). The van der Waals surface area contributed by atoms with Crippen LogP contribution in [-0.4, -0.2) is 4.92 Å². The maximum absolute atomic E-state index is 10.7. The number of nitro groups is 1. The molecule has 0 saturated carbocycles. The minimum atomic E-state index is -0.394. The van der Waals surface area contributed by atoms with Crippen LogP contribution in [0.25, 0.3) is 0 Å². The summed E-state index contributed by atoms with van der Waals surface area (Å²) in [5.41, 5.74) is 2.31. The molecule has 20 heavy (non-hydrogen) atoms. The van der Waals surface area contributed by atoms with E-state index in [1.807, 2.05) is 18.2 Å². The lowest BCUT2D eigenvalue weighted by molar-refractivity contribution is -0.384. The molecule has 1 atom stereocenters. The van der Waals surface area contributed by atoms with E-state index in [-0.39, 0.29) is 11.7 Å². The van der Waals surface area contributed by atoms with Gasteiger partial charge >= 0.3 is 0 Å². The molecule has 4 nitrogen and oxygen atoms in total. The first-order valence-electron chi connectivity index (χ1n) is 6.29. The molecule has 0 aliphatic carbocycles. The first-order valence-corrected chi connectivity index (χ1v) is 7.08. The molecule has 0 amide bonds. The Morgan fingerprint density at radius 1 is 1.25 bits per heavy atom. The van der Waals surface area contributed by atoms with Crippen molar-refractivity contribution < 1.29 is 4.92 Å². The van der Waals surface area contributed by atoms with Crippen LogP contribution in [0, 0.1) is 10.1 Å². The van der Waals surface area contributed by atoms with Crippen molar-refractivity contribution in [2.45, 2.75) is 19.5 Å². The smallest absolute Gasteiger partial charge is 0.270 e. The van der Waals surface area contributed by atoms with Gasteiger partial charge in [0.1, 0.15) is 0 Å². The Morgan fingerprint density at radius 3 is 2.55 bits per heavy atom. The lowest BCUT2D eigenvalue weighted by atomic mass is 10.1. The molecule has 5 heteroatoms. The summed E-state index contributed by atoms with van der Waals surface area (Å²) in [6.07, 6.45) is 0. The predicted octanol–water partition coefficient (Wildman–Crippen LogP) is 4.21. The molecule has 0 aliphatic rings. The van der Waals surface area contributed by atoms with E-state index < -0.39 is 4.92 Å². The molecular weight excluding hydrogens is 320 g/mol. The Hall–Kier alpha value is -1.72. The van der Waals surface area contributed by atoms with Crippen LogP contribution in [0.3, 0.4) is 0 Å². The molecule has 0 saturated heterocycles. The average molecular weight is 335 g/mol. The van der Waals surface area contributed by atoms with E-state index in [0.717, 1.165) is 10.0 Å². The second kappa shape index (κ2) is 6.63. The number of nitro benzene ring substituents is 1. The molecule has 2 aromatic carbocycles. The molecule has 104 valence electrons. The lowest BCUT2D eigenvalue weighted by Gasteiger charge is -2.14. The van der Waals surface area contributed by atoms with Crippen LogP contribution in [0.15, 0.2) is 53.0 Å². The van der Waals surface area contributed by atoms with Crippen LogP contribution in [0.1, 0.15) is 24.1 Å². The van der Waals surface area contributed by atoms with Gasteiger partial charge in [-0.1, -0.05) is 46.3 Å². The molecule has 0 heterocycles. The van der Waals surface area contributed by atoms with Gasteiger partial charge in [-0.2, -0.15) is 0 Å². The van der Waals surface area contributed by atoms with Gasteiger partial charge in [0.25, 0.3) is 5.69 Å². The van der Waals surface area contributed by atoms with Crippen LogP contribution in [0.5, 0.6) is 0 Å². The van der Waals surface area contributed by atoms with Crippen molar-refractivity contribution in [3.05, 3.63) is 74.2 Å². The molecular formula is C15H15BrN2O2. The number of nitrogens with zero attached hydrogens (tertiary/aromatic N) is 1. The number of nitrogens with one attached hydrogen (secondary N) is 1. The number of rotatable bonds is 5. The molecule has 0 bridgehead atoms. The highest BCUT2D eigenvalue weighted by Crippen LogP contribution is 2.23. The second-order valence-corrected chi connectivity index (χ2v) is 5.40. The summed E-state index contributed by atoms with van der Waals surface area (Å²) in [6, 6.07) is 15.2. The molecule has 0 aromatic heterocycles. The lowest BCUT2D eigenvalue weighted by Crippen LogP contribution is -2.18. The molecule has 1 N–H and O–H groups in total. The molecule has 0 spiro atoms. The van der Waals surface area contributed by atoms with Gasteiger partial charge in [0, 0.05) is 29.2 Å². The number of halogens is 1. The van der Waals surface area contributed by atoms with Crippen molar-refractivity contribution in [2.24, 2.45) is 0 Å². The average Bonchev–Trinajstić information content (AvgIpc) is 2.46. The standard InChI is InChI=1S/C15H15BrN2O2/c1-11(12-5-3-2-4-6-12)17-10-13-7-8-14(18(19)20)9-15(13)16/h2-9,11,17H,10H2,1H3/t11-/m0/s1. The van der Waals surface area contributed by atoms with Crippen LogP contribution >= 0.6 is 15.9 Å². The summed E-state index contributed by atoms with van der Waals surface area (Å²) in [4.78, 5) is 10.3. The monoisotopic (exact) mass is 334 g/mol. The highest BCUT2D eigenvalue weighted by Gasteiger charge is 2.10. The first kappa shape index (κ1) is 14.7. The van der Waals surface area contributed by atoms with Gasteiger partial charge in [-0.15, -0.1) is 0 Å².